The molecule has 2 aliphatic rings. The molecule has 6 nitrogen and oxygen atoms in total. The van der Waals surface area contributed by atoms with Crippen LogP contribution in [0.4, 0.5) is 5.69 Å². The Morgan fingerprint density at radius 1 is 1.12 bits per heavy atom. The zero-order chi connectivity index (χ0) is 17.4. The van der Waals surface area contributed by atoms with Crippen LogP contribution in [0.3, 0.4) is 0 Å². The second-order valence-electron chi connectivity index (χ2n) is 6.18. The van der Waals surface area contributed by atoms with E-state index in [2.05, 4.69) is 5.32 Å². The molecule has 0 aromatic heterocycles. The zero-order valence-corrected chi connectivity index (χ0v) is 14.3. The molecule has 2 aromatic carbocycles. The molecule has 1 fully saturated rings. The van der Waals surface area contributed by atoms with E-state index < -0.39 is 10.0 Å². The molecule has 1 atom stereocenters. The van der Waals surface area contributed by atoms with Crippen molar-refractivity contribution < 1.29 is 17.9 Å². The van der Waals surface area contributed by atoms with E-state index >= 15 is 0 Å². The van der Waals surface area contributed by atoms with E-state index in [0.717, 1.165) is 18.4 Å². The summed E-state index contributed by atoms with van der Waals surface area (Å²) in [4.78, 5) is 11.7. The third-order valence-corrected chi connectivity index (χ3v) is 6.48. The Labute approximate surface area is 146 Å². The average molecular weight is 358 g/mol. The summed E-state index contributed by atoms with van der Waals surface area (Å²) in [5.74, 6) is 0.199. The third-order valence-electron chi connectivity index (χ3n) is 4.58. The van der Waals surface area contributed by atoms with Crippen LogP contribution in [-0.2, 0) is 14.8 Å². The van der Waals surface area contributed by atoms with Crippen LogP contribution in [0.1, 0.15) is 24.4 Å². The Balaban J connectivity index is 1.69. The van der Waals surface area contributed by atoms with Crippen molar-refractivity contribution in [2.24, 2.45) is 0 Å². The van der Waals surface area contributed by atoms with Crippen LogP contribution in [0.2, 0.25) is 0 Å². The van der Waals surface area contributed by atoms with Gasteiger partial charge in [0, 0.05) is 6.54 Å². The molecule has 25 heavy (non-hydrogen) atoms. The number of carbonyl (C=O) groups excluding carboxylic acids is 1. The summed E-state index contributed by atoms with van der Waals surface area (Å²) in [5.41, 5.74) is 1.39. The molecule has 2 heterocycles. The number of fused-ring (bicyclic) bond motifs is 1. The maximum atomic E-state index is 13.2. The number of sulfonamides is 1. The first kappa shape index (κ1) is 16.1. The minimum atomic E-state index is -3.66. The summed E-state index contributed by atoms with van der Waals surface area (Å²) in [6.45, 7) is 0.434. The fraction of sp³-hybridized carbons (Fsp3) is 0.278. The number of anilines is 1. The highest BCUT2D eigenvalue weighted by Crippen LogP contribution is 2.38. The highest BCUT2D eigenvalue weighted by atomic mass is 32.2. The van der Waals surface area contributed by atoms with Crippen LogP contribution in [0.5, 0.6) is 5.75 Å². The summed E-state index contributed by atoms with van der Waals surface area (Å²) in [6.07, 6.45) is 1.62. The van der Waals surface area contributed by atoms with Crippen molar-refractivity contribution >= 4 is 21.6 Å². The number of benzene rings is 2. The van der Waals surface area contributed by atoms with E-state index in [1.54, 1.807) is 10.4 Å². The predicted octanol–water partition coefficient (Wildman–Crippen LogP) is 2.54. The number of nitrogens with one attached hydrogen (secondary N) is 1. The molecule has 1 amide bonds. The lowest BCUT2D eigenvalue weighted by Crippen LogP contribution is -2.31. The minimum absolute atomic E-state index is 0.0543. The summed E-state index contributed by atoms with van der Waals surface area (Å²) >= 11 is 0. The molecule has 1 unspecified atom stereocenters. The Bertz CT molecular complexity index is 912. The average Bonchev–Trinajstić information content (AvgIpc) is 3.12. The molecule has 2 aliphatic heterocycles. The first-order valence-corrected chi connectivity index (χ1v) is 9.63. The van der Waals surface area contributed by atoms with Crippen molar-refractivity contribution in [2.75, 3.05) is 18.5 Å². The van der Waals surface area contributed by atoms with Crippen molar-refractivity contribution in [3.8, 4) is 5.75 Å². The van der Waals surface area contributed by atoms with E-state index in [0.29, 0.717) is 18.0 Å². The quantitative estimate of drug-likeness (QED) is 0.915. The molecule has 0 saturated carbocycles. The summed E-state index contributed by atoms with van der Waals surface area (Å²) < 4.78 is 33.2. The van der Waals surface area contributed by atoms with Crippen molar-refractivity contribution in [2.45, 2.75) is 23.8 Å². The second kappa shape index (κ2) is 6.16. The molecule has 1 saturated heterocycles. The number of ether oxygens (including phenoxy) is 1. The predicted molar refractivity (Wildman–Crippen MR) is 92.9 cm³/mol. The molecule has 0 spiro atoms. The number of rotatable bonds is 3. The van der Waals surface area contributed by atoms with Gasteiger partial charge < -0.3 is 10.1 Å². The van der Waals surface area contributed by atoms with Gasteiger partial charge in [-0.1, -0.05) is 30.3 Å². The van der Waals surface area contributed by atoms with Crippen molar-refractivity contribution in [3.05, 3.63) is 54.1 Å². The number of hydrogen-bond acceptors (Lipinski definition) is 4. The maximum absolute atomic E-state index is 13.2. The standard InChI is InChI=1S/C18H18N2O4S/c21-18-12-24-17-9-8-14(11-15(17)19-18)25(22,23)20-10-4-7-16(20)13-5-2-1-3-6-13/h1-3,5-6,8-9,11,16H,4,7,10,12H2,(H,19,21). The van der Waals surface area contributed by atoms with Gasteiger partial charge in [-0.25, -0.2) is 8.42 Å². The van der Waals surface area contributed by atoms with E-state index in [9.17, 15) is 13.2 Å². The van der Waals surface area contributed by atoms with E-state index in [1.807, 2.05) is 30.3 Å². The molecular weight excluding hydrogens is 340 g/mol. The van der Waals surface area contributed by atoms with Gasteiger partial charge >= 0.3 is 0 Å². The Morgan fingerprint density at radius 3 is 2.72 bits per heavy atom. The first-order valence-electron chi connectivity index (χ1n) is 8.19. The largest absolute Gasteiger partial charge is 0.482 e. The van der Waals surface area contributed by atoms with Gasteiger partial charge in [-0.15, -0.1) is 0 Å². The normalized spacial score (nSPS) is 20.6. The number of carbonyl (C=O) groups is 1. The van der Waals surface area contributed by atoms with Crippen LogP contribution in [0, 0.1) is 0 Å². The van der Waals surface area contributed by atoms with Crippen LogP contribution in [0.25, 0.3) is 0 Å². The minimum Gasteiger partial charge on any atom is -0.482 e. The number of amides is 1. The lowest BCUT2D eigenvalue weighted by atomic mass is 10.1. The molecule has 4 rings (SSSR count). The summed E-state index contributed by atoms with van der Waals surface area (Å²) in [6, 6.07) is 14.1. The fourth-order valence-corrected chi connectivity index (χ4v) is 5.10. The van der Waals surface area contributed by atoms with Gasteiger partial charge in [0.25, 0.3) is 5.91 Å². The van der Waals surface area contributed by atoms with Gasteiger partial charge in [-0.2, -0.15) is 4.31 Å². The molecule has 0 bridgehead atoms. The topological polar surface area (TPSA) is 75.7 Å². The maximum Gasteiger partial charge on any atom is 0.262 e. The van der Waals surface area contributed by atoms with Gasteiger partial charge in [0.2, 0.25) is 10.0 Å². The first-order chi connectivity index (χ1) is 12.1. The molecule has 1 N–H and O–H groups in total. The van der Waals surface area contributed by atoms with Gasteiger partial charge in [-0.3, -0.25) is 4.79 Å². The fourth-order valence-electron chi connectivity index (χ4n) is 3.39. The van der Waals surface area contributed by atoms with Crippen LogP contribution >= 0.6 is 0 Å². The van der Waals surface area contributed by atoms with Gasteiger partial charge in [-0.05, 0) is 36.6 Å². The van der Waals surface area contributed by atoms with Crippen LogP contribution in [0.15, 0.2) is 53.4 Å². The van der Waals surface area contributed by atoms with E-state index in [1.165, 1.54) is 12.1 Å². The van der Waals surface area contributed by atoms with Gasteiger partial charge in [0.15, 0.2) is 6.61 Å². The third kappa shape index (κ3) is 2.89. The van der Waals surface area contributed by atoms with Crippen LogP contribution in [-0.4, -0.2) is 31.8 Å². The molecule has 2 aromatic rings. The van der Waals surface area contributed by atoms with E-state index in [-0.39, 0.29) is 23.5 Å². The van der Waals surface area contributed by atoms with Crippen molar-refractivity contribution in [1.82, 2.24) is 4.31 Å². The smallest absolute Gasteiger partial charge is 0.262 e. The highest BCUT2D eigenvalue weighted by Gasteiger charge is 2.36. The lowest BCUT2D eigenvalue weighted by Gasteiger charge is -2.25. The van der Waals surface area contributed by atoms with Crippen LogP contribution < -0.4 is 10.1 Å². The monoisotopic (exact) mass is 358 g/mol. The number of nitrogens with zero attached hydrogens (tertiary/aromatic N) is 1. The van der Waals surface area contributed by atoms with Gasteiger partial charge in [0.05, 0.1) is 16.6 Å². The Hall–Kier alpha value is -2.38. The number of hydrogen-bond donors (Lipinski definition) is 1. The highest BCUT2D eigenvalue weighted by molar-refractivity contribution is 7.89. The van der Waals surface area contributed by atoms with E-state index in [4.69, 9.17) is 4.74 Å². The molecule has 7 heteroatoms. The summed E-state index contributed by atoms with van der Waals surface area (Å²) in [7, 11) is -3.66. The zero-order valence-electron chi connectivity index (χ0n) is 13.5. The van der Waals surface area contributed by atoms with Crippen molar-refractivity contribution in [1.29, 1.82) is 0 Å². The Morgan fingerprint density at radius 2 is 1.92 bits per heavy atom. The second-order valence-corrected chi connectivity index (χ2v) is 8.07. The molecule has 0 radical (unpaired) electrons. The molecule has 0 aliphatic carbocycles. The SMILES string of the molecule is O=C1COc2ccc(S(=O)(=O)N3CCCC3c3ccccc3)cc2N1. The molecular formula is C18H18N2O4S. The van der Waals surface area contributed by atoms with Crippen molar-refractivity contribution in [3.63, 3.8) is 0 Å². The lowest BCUT2D eigenvalue weighted by molar-refractivity contribution is -0.118. The Kier molecular flexibility index (Phi) is 3.97. The molecule has 130 valence electrons. The van der Waals surface area contributed by atoms with Gasteiger partial charge in [0.1, 0.15) is 5.75 Å². The summed E-state index contributed by atoms with van der Waals surface area (Å²) in [5, 5.41) is 2.66.